The van der Waals surface area contributed by atoms with E-state index in [0.717, 1.165) is 28.3 Å². The van der Waals surface area contributed by atoms with E-state index in [2.05, 4.69) is 15.6 Å². The quantitative estimate of drug-likeness (QED) is 0.127. The van der Waals surface area contributed by atoms with E-state index in [1.54, 1.807) is 31.5 Å². The largest absolute Gasteiger partial charge is 0.496 e. The molecule has 0 unspecified atom stereocenters. The minimum absolute atomic E-state index is 0.0708. The number of nitrogens with zero attached hydrogens (tertiary/aromatic N) is 4. The highest BCUT2D eigenvalue weighted by Crippen LogP contribution is 2.45. The second-order valence-electron chi connectivity index (χ2n) is 11.9. The van der Waals surface area contributed by atoms with Crippen molar-refractivity contribution in [1.82, 2.24) is 14.9 Å². The smallest absolute Gasteiger partial charge is 0.296 e. The first-order chi connectivity index (χ1) is 21.3. The molecule has 234 valence electrons. The number of anilines is 2. The first kappa shape index (κ1) is 31.5. The topological polar surface area (TPSA) is 124 Å². The Bertz CT molecular complexity index is 1780. The van der Waals surface area contributed by atoms with Gasteiger partial charge >= 0.3 is 0 Å². The Labute approximate surface area is 267 Å². The van der Waals surface area contributed by atoms with E-state index in [-0.39, 0.29) is 23.7 Å². The minimum Gasteiger partial charge on any atom is -0.496 e. The van der Waals surface area contributed by atoms with Crippen LogP contribution in [0.4, 0.5) is 17.1 Å². The molecule has 5 rings (SSSR count). The lowest BCUT2D eigenvalue weighted by Crippen LogP contribution is -2.30. The molecule has 0 bridgehead atoms. The van der Waals surface area contributed by atoms with Gasteiger partial charge in [0.1, 0.15) is 17.2 Å². The van der Waals surface area contributed by atoms with Gasteiger partial charge in [0.2, 0.25) is 5.91 Å². The number of benzene rings is 2. The maximum atomic E-state index is 12.8. The van der Waals surface area contributed by atoms with Gasteiger partial charge in [-0.1, -0.05) is 26.8 Å². The highest BCUT2D eigenvalue weighted by Gasteiger charge is 2.43. The fourth-order valence-electron chi connectivity index (χ4n) is 5.62. The van der Waals surface area contributed by atoms with E-state index < -0.39 is 10.3 Å². The number of hydrogen-bond acceptors (Lipinski definition) is 7. The molecule has 1 aliphatic heterocycles. The van der Waals surface area contributed by atoms with Crippen LogP contribution >= 0.6 is 12.2 Å². The normalized spacial score (nSPS) is 16.3. The van der Waals surface area contributed by atoms with Crippen LogP contribution < -0.4 is 25.0 Å². The summed E-state index contributed by atoms with van der Waals surface area (Å²) in [5.41, 5.74) is 4.36. The molecule has 2 aromatic heterocycles. The van der Waals surface area contributed by atoms with E-state index in [1.165, 1.54) is 13.2 Å². The molecule has 12 heteroatoms. The van der Waals surface area contributed by atoms with Gasteiger partial charge in [-0.15, -0.1) is 0 Å². The standard InChI is InChI=1S/C33H36N6O5S/c1-19-16-23(20(2)37(19)26-14-12-22(43-6)18-27(26)39(41)42)30-29(25-10-8-9-15-34-25)36-32(45)38(30)21-11-13-24(28(17-21)44-7)35-31(40)33(3,4)5/h8-18,29-30H,1-7H3,(H,35,40)(H,36,45)/t29-,30+/m0/s1. The molecule has 0 aliphatic carbocycles. The van der Waals surface area contributed by atoms with Gasteiger partial charge in [0.15, 0.2) is 5.11 Å². The number of carbonyl (C=O) groups is 1. The molecule has 2 atom stereocenters. The summed E-state index contributed by atoms with van der Waals surface area (Å²) in [6, 6.07) is 17.4. The molecule has 0 radical (unpaired) electrons. The molecule has 1 fully saturated rings. The van der Waals surface area contributed by atoms with Crippen LogP contribution in [0, 0.1) is 29.4 Å². The van der Waals surface area contributed by atoms with Crippen molar-refractivity contribution in [2.45, 2.75) is 46.7 Å². The highest BCUT2D eigenvalue weighted by molar-refractivity contribution is 7.80. The Morgan fingerprint density at radius 3 is 2.44 bits per heavy atom. The molecule has 11 nitrogen and oxygen atoms in total. The lowest BCUT2D eigenvalue weighted by atomic mass is 9.95. The second kappa shape index (κ2) is 12.2. The fraction of sp³-hybridized carbons (Fsp3) is 0.303. The number of nitro benzene ring substituents is 1. The Kier molecular flexibility index (Phi) is 8.53. The lowest BCUT2D eigenvalue weighted by Gasteiger charge is -2.29. The van der Waals surface area contributed by atoms with Gasteiger partial charge in [0.05, 0.1) is 48.7 Å². The third-order valence-electron chi connectivity index (χ3n) is 7.90. The van der Waals surface area contributed by atoms with E-state index >= 15 is 0 Å². The third-order valence-corrected chi connectivity index (χ3v) is 8.21. The fourth-order valence-corrected chi connectivity index (χ4v) is 5.96. The summed E-state index contributed by atoms with van der Waals surface area (Å²) in [5.74, 6) is 0.739. The number of carbonyl (C=O) groups excluding carboxylic acids is 1. The summed E-state index contributed by atoms with van der Waals surface area (Å²) in [4.78, 5) is 31.1. The van der Waals surface area contributed by atoms with Crippen LogP contribution in [0.1, 0.15) is 55.5 Å². The Morgan fingerprint density at radius 2 is 1.82 bits per heavy atom. The number of aryl methyl sites for hydroxylation is 1. The molecule has 45 heavy (non-hydrogen) atoms. The number of ether oxygens (including phenoxy) is 2. The summed E-state index contributed by atoms with van der Waals surface area (Å²) in [6.45, 7) is 9.39. The SMILES string of the molecule is COc1ccc(-n2c(C)cc([C@@H]3[C@H](c4ccccn4)NC(=S)N3c3ccc(NC(=O)C(C)(C)C)c(OC)c3)c2C)c([N+](=O)[O-])c1. The summed E-state index contributed by atoms with van der Waals surface area (Å²) in [7, 11) is 3.03. The summed E-state index contributed by atoms with van der Waals surface area (Å²) < 4.78 is 12.9. The van der Waals surface area contributed by atoms with Gasteiger partial charge in [-0.3, -0.25) is 19.9 Å². The van der Waals surface area contributed by atoms with Crippen molar-refractivity contribution in [3.63, 3.8) is 0 Å². The maximum absolute atomic E-state index is 12.8. The summed E-state index contributed by atoms with van der Waals surface area (Å²) in [6.07, 6.45) is 1.74. The molecule has 4 aromatic rings. The van der Waals surface area contributed by atoms with Crippen LogP contribution in [0.5, 0.6) is 11.5 Å². The van der Waals surface area contributed by atoms with E-state index in [4.69, 9.17) is 21.7 Å². The van der Waals surface area contributed by atoms with Gasteiger partial charge in [-0.05, 0) is 74.1 Å². The Morgan fingerprint density at radius 1 is 1.07 bits per heavy atom. The first-order valence-electron chi connectivity index (χ1n) is 14.4. The second-order valence-corrected chi connectivity index (χ2v) is 12.2. The number of rotatable bonds is 8. The summed E-state index contributed by atoms with van der Waals surface area (Å²) >= 11 is 5.93. The predicted octanol–water partition coefficient (Wildman–Crippen LogP) is 6.58. The predicted molar refractivity (Wildman–Crippen MR) is 177 cm³/mol. The molecule has 1 aliphatic rings. The van der Waals surface area contributed by atoms with Crippen molar-refractivity contribution in [2.24, 2.45) is 5.41 Å². The average molecular weight is 629 g/mol. The van der Waals surface area contributed by atoms with Crippen molar-refractivity contribution >= 4 is 40.3 Å². The number of methoxy groups -OCH3 is 2. The van der Waals surface area contributed by atoms with Crippen LogP contribution in [0.25, 0.3) is 5.69 Å². The van der Waals surface area contributed by atoms with Crippen molar-refractivity contribution in [3.05, 3.63) is 99.6 Å². The zero-order valence-electron chi connectivity index (χ0n) is 26.2. The number of thiocarbonyl (C=S) groups is 1. The van der Waals surface area contributed by atoms with Crippen molar-refractivity contribution in [1.29, 1.82) is 0 Å². The van der Waals surface area contributed by atoms with Crippen LogP contribution in [-0.2, 0) is 4.79 Å². The number of amides is 1. The Hall–Kier alpha value is -4.97. The van der Waals surface area contributed by atoms with E-state index in [0.29, 0.717) is 28.0 Å². The van der Waals surface area contributed by atoms with Gasteiger partial charge in [-0.25, -0.2) is 0 Å². The van der Waals surface area contributed by atoms with Crippen LogP contribution in [0.3, 0.4) is 0 Å². The minimum atomic E-state index is -0.591. The molecular formula is C33H36N6O5S. The van der Waals surface area contributed by atoms with Gasteiger partial charge in [-0.2, -0.15) is 0 Å². The van der Waals surface area contributed by atoms with Crippen molar-refractivity contribution < 1.29 is 19.2 Å². The van der Waals surface area contributed by atoms with Crippen molar-refractivity contribution in [3.8, 4) is 17.2 Å². The zero-order chi connectivity index (χ0) is 32.6. The molecule has 3 heterocycles. The molecule has 1 saturated heterocycles. The number of nitrogens with one attached hydrogen (secondary N) is 2. The number of hydrogen-bond donors (Lipinski definition) is 2. The molecular weight excluding hydrogens is 592 g/mol. The number of aromatic nitrogens is 2. The zero-order valence-corrected chi connectivity index (χ0v) is 27.1. The van der Waals surface area contributed by atoms with Crippen LogP contribution in [0.2, 0.25) is 0 Å². The lowest BCUT2D eigenvalue weighted by molar-refractivity contribution is -0.384. The van der Waals surface area contributed by atoms with E-state index in [1.807, 2.05) is 80.5 Å². The number of nitro groups is 1. The number of pyridine rings is 1. The monoisotopic (exact) mass is 628 g/mol. The van der Waals surface area contributed by atoms with Crippen LogP contribution in [-0.4, -0.2) is 39.7 Å². The molecule has 2 N–H and O–H groups in total. The molecule has 2 aromatic carbocycles. The summed E-state index contributed by atoms with van der Waals surface area (Å²) in [5, 5.41) is 19.0. The first-order valence-corrected chi connectivity index (χ1v) is 14.8. The molecule has 0 saturated carbocycles. The van der Waals surface area contributed by atoms with E-state index in [9.17, 15) is 14.9 Å². The molecule has 1 amide bonds. The molecule has 0 spiro atoms. The maximum Gasteiger partial charge on any atom is 0.296 e. The van der Waals surface area contributed by atoms with Crippen molar-refractivity contribution in [2.75, 3.05) is 24.4 Å². The van der Waals surface area contributed by atoms with Crippen LogP contribution in [0.15, 0.2) is 66.9 Å². The average Bonchev–Trinajstić information content (AvgIpc) is 3.51. The van der Waals surface area contributed by atoms with Gasteiger partial charge in [0.25, 0.3) is 5.69 Å². The van der Waals surface area contributed by atoms with Gasteiger partial charge in [0, 0.05) is 34.8 Å². The highest BCUT2D eigenvalue weighted by atomic mass is 32.1. The van der Waals surface area contributed by atoms with Gasteiger partial charge < -0.3 is 29.6 Å². The Balaban J connectivity index is 1.66. The third kappa shape index (κ3) is 5.93.